The van der Waals surface area contributed by atoms with Crippen molar-refractivity contribution in [2.45, 2.75) is 90.6 Å². The summed E-state index contributed by atoms with van der Waals surface area (Å²) in [6.07, 6.45) is 12.1. The molecule has 0 bridgehead atoms. The summed E-state index contributed by atoms with van der Waals surface area (Å²) in [7, 11) is -1.55. The van der Waals surface area contributed by atoms with E-state index in [2.05, 4.69) is 36.1 Å². The zero-order valence-electron chi connectivity index (χ0n) is 16.3. The van der Waals surface area contributed by atoms with E-state index in [-0.39, 0.29) is 0 Å². The molecule has 0 radical (unpaired) electrons. The molecule has 2 aliphatic carbocycles. The van der Waals surface area contributed by atoms with E-state index >= 15 is 0 Å². The largest absolute Gasteiger partial charge is 0.393 e. The Morgan fingerprint density at radius 3 is 1.88 bits per heavy atom. The lowest BCUT2D eigenvalue weighted by molar-refractivity contribution is 0.241. The van der Waals surface area contributed by atoms with E-state index in [1.807, 2.05) is 0 Å². The van der Waals surface area contributed by atoms with Crippen LogP contribution >= 0.6 is 0 Å². The monoisotopic (exact) mass is 355 g/mol. The van der Waals surface area contributed by atoms with Crippen molar-refractivity contribution in [2.75, 3.05) is 19.7 Å². The standard InChI is InChI=1S/C19H41N3OSi/c1-4-13-20-14-15-23-24(21-18-11-7-5-9-16(18)2)22-19-12-8-6-10-17(19)3/h16-22,24H,4-15H2,1-3H3. The summed E-state index contributed by atoms with van der Waals surface area (Å²) in [5.41, 5.74) is 0. The van der Waals surface area contributed by atoms with Crippen molar-refractivity contribution in [3.8, 4) is 0 Å². The minimum atomic E-state index is -1.55. The van der Waals surface area contributed by atoms with Gasteiger partial charge in [0.2, 0.25) is 0 Å². The van der Waals surface area contributed by atoms with E-state index in [1.54, 1.807) is 0 Å². The Morgan fingerprint density at radius 1 is 0.833 bits per heavy atom. The molecule has 142 valence electrons. The molecule has 24 heavy (non-hydrogen) atoms. The summed E-state index contributed by atoms with van der Waals surface area (Å²) in [6.45, 7) is 9.93. The van der Waals surface area contributed by atoms with Crippen molar-refractivity contribution in [3.05, 3.63) is 0 Å². The third kappa shape index (κ3) is 7.12. The van der Waals surface area contributed by atoms with E-state index in [0.717, 1.165) is 31.5 Å². The molecule has 2 saturated carbocycles. The number of hydrogen-bond donors (Lipinski definition) is 3. The quantitative estimate of drug-likeness (QED) is 0.416. The maximum absolute atomic E-state index is 6.35. The van der Waals surface area contributed by atoms with Crippen molar-refractivity contribution in [1.82, 2.24) is 15.3 Å². The van der Waals surface area contributed by atoms with Gasteiger partial charge in [-0.1, -0.05) is 46.5 Å². The highest BCUT2D eigenvalue weighted by Crippen LogP contribution is 2.25. The van der Waals surface area contributed by atoms with Crippen molar-refractivity contribution >= 4 is 9.36 Å². The van der Waals surface area contributed by atoms with Gasteiger partial charge in [-0.15, -0.1) is 0 Å². The molecule has 2 fully saturated rings. The Balaban J connectivity index is 1.82. The van der Waals surface area contributed by atoms with E-state index < -0.39 is 9.36 Å². The maximum atomic E-state index is 6.35. The van der Waals surface area contributed by atoms with Crippen molar-refractivity contribution in [2.24, 2.45) is 11.8 Å². The first-order valence-corrected chi connectivity index (χ1v) is 12.2. The minimum absolute atomic E-state index is 0.658. The molecular formula is C19H41N3OSi. The molecule has 5 heteroatoms. The van der Waals surface area contributed by atoms with Gasteiger partial charge < -0.3 is 19.7 Å². The molecule has 2 aliphatic rings. The molecule has 4 atom stereocenters. The Labute approximate surface area is 151 Å². The van der Waals surface area contributed by atoms with Crippen LogP contribution in [0.4, 0.5) is 0 Å². The summed E-state index contributed by atoms with van der Waals surface area (Å²) >= 11 is 0. The van der Waals surface area contributed by atoms with E-state index in [9.17, 15) is 0 Å². The van der Waals surface area contributed by atoms with Gasteiger partial charge in [0.1, 0.15) is 0 Å². The summed E-state index contributed by atoms with van der Waals surface area (Å²) in [5.74, 6) is 1.59. The summed E-state index contributed by atoms with van der Waals surface area (Å²) in [5, 5.41) is 3.46. The fraction of sp³-hybridized carbons (Fsp3) is 1.00. The van der Waals surface area contributed by atoms with E-state index in [0.29, 0.717) is 12.1 Å². The third-order valence-corrected chi connectivity index (χ3v) is 7.97. The third-order valence-electron chi connectivity index (χ3n) is 5.94. The van der Waals surface area contributed by atoms with Gasteiger partial charge in [0.15, 0.2) is 0 Å². The second-order valence-electron chi connectivity index (χ2n) is 8.07. The first kappa shape index (κ1) is 20.4. The van der Waals surface area contributed by atoms with Crippen LogP contribution in [-0.2, 0) is 4.43 Å². The van der Waals surface area contributed by atoms with Gasteiger partial charge in [0, 0.05) is 25.2 Å². The van der Waals surface area contributed by atoms with Crippen LogP contribution in [0.5, 0.6) is 0 Å². The average molecular weight is 356 g/mol. The lowest BCUT2D eigenvalue weighted by atomic mass is 9.87. The smallest absolute Gasteiger partial charge is 0.335 e. The second-order valence-corrected chi connectivity index (χ2v) is 9.83. The summed E-state index contributed by atoms with van der Waals surface area (Å²) in [6, 6.07) is 1.32. The first-order chi connectivity index (χ1) is 11.7. The topological polar surface area (TPSA) is 45.3 Å². The van der Waals surface area contributed by atoms with Crippen LogP contribution in [0, 0.1) is 11.8 Å². The predicted octanol–water partition coefficient (Wildman–Crippen LogP) is 3.06. The van der Waals surface area contributed by atoms with Gasteiger partial charge in [-0.05, 0) is 50.5 Å². The first-order valence-electron chi connectivity index (χ1n) is 10.5. The van der Waals surface area contributed by atoms with Gasteiger partial charge in [-0.3, -0.25) is 0 Å². The van der Waals surface area contributed by atoms with Crippen molar-refractivity contribution in [1.29, 1.82) is 0 Å². The van der Waals surface area contributed by atoms with Crippen LogP contribution < -0.4 is 15.3 Å². The van der Waals surface area contributed by atoms with Crippen LogP contribution in [0.25, 0.3) is 0 Å². The zero-order valence-corrected chi connectivity index (χ0v) is 17.4. The number of nitrogens with one attached hydrogen (secondary N) is 3. The molecule has 0 aromatic carbocycles. The Kier molecular flexibility index (Phi) is 9.87. The molecular weight excluding hydrogens is 314 g/mol. The highest BCUT2D eigenvalue weighted by atomic mass is 28.3. The minimum Gasteiger partial charge on any atom is -0.393 e. The van der Waals surface area contributed by atoms with Gasteiger partial charge in [-0.2, -0.15) is 0 Å². The normalized spacial score (nSPS) is 32.6. The molecule has 0 spiro atoms. The van der Waals surface area contributed by atoms with Crippen molar-refractivity contribution < 1.29 is 4.43 Å². The molecule has 0 aromatic heterocycles. The fourth-order valence-corrected chi connectivity index (χ4v) is 6.62. The molecule has 0 aliphatic heterocycles. The molecule has 3 N–H and O–H groups in total. The van der Waals surface area contributed by atoms with Gasteiger partial charge in [0.25, 0.3) is 0 Å². The van der Waals surface area contributed by atoms with Crippen LogP contribution in [-0.4, -0.2) is 41.1 Å². The molecule has 0 amide bonds. The molecule has 0 saturated heterocycles. The molecule has 4 nitrogen and oxygen atoms in total. The van der Waals surface area contributed by atoms with Crippen molar-refractivity contribution in [3.63, 3.8) is 0 Å². The fourth-order valence-electron chi connectivity index (χ4n) is 4.21. The van der Waals surface area contributed by atoms with Crippen LogP contribution in [0.2, 0.25) is 0 Å². The van der Waals surface area contributed by atoms with Crippen LogP contribution in [0.1, 0.15) is 78.6 Å². The lowest BCUT2D eigenvalue weighted by Gasteiger charge is -2.36. The average Bonchev–Trinajstić information content (AvgIpc) is 2.58. The van der Waals surface area contributed by atoms with Crippen LogP contribution in [0.3, 0.4) is 0 Å². The summed E-state index contributed by atoms with van der Waals surface area (Å²) in [4.78, 5) is 7.88. The van der Waals surface area contributed by atoms with Gasteiger partial charge in [-0.25, -0.2) is 0 Å². The lowest BCUT2D eigenvalue weighted by Crippen LogP contribution is -2.60. The van der Waals surface area contributed by atoms with E-state index in [4.69, 9.17) is 4.43 Å². The Hall–Kier alpha value is 0.0569. The van der Waals surface area contributed by atoms with Gasteiger partial charge in [0.05, 0.1) is 0 Å². The highest BCUT2D eigenvalue weighted by molar-refractivity contribution is 6.46. The molecule has 0 heterocycles. The molecule has 2 rings (SSSR count). The number of hydrogen-bond acceptors (Lipinski definition) is 4. The van der Waals surface area contributed by atoms with Gasteiger partial charge >= 0.3 is 9.36 Å². The Bertz CT molecular complexity index is 308. The molecule has 0 aromatic rings. The maximum Gasteiger partial charge on any atom is 0.335 e. The van der Waals surface area contributed by atoms with E-state index in [1.165, 1.54) is 57.8 Å². The predicted molar refractivity (Wildman–Crippen MR) is 105 cm³/mol. The zero-order chi connectivity index (χ0) is 17.2. The second kappa shape index (κ2) is 11.6. The van der Waals surface area contributed by atoms with Crippen LogP contribution in [0.15, 0.2) is 0 Å². The SMILES string of the molecule is CCCNCCO[SiH](NC1CCCCC1C)NC1CCCCC1C. The molecule has 4 unspecified atom stereocenters. The summed E-state index contributed by atoms with van der Waals surface area (Å²) < 4.78 is 6.35. The number of rotatable bonds is 10. The highest BCUT2D eigenvalue weighted by Gasteiger charge is 2.29. The Morgan fingerprint density at radius 2 is 1.38 bits per heavy atom.